The van der Waals surface area contributed by atoms with Crippen molar-refractivity contribution in [1.29, 1.82) is 0 Å². The number of nitrogens with zero attached hydrogens (tertiary/aromatic N) is 3. The van der Waals surface area contributed by atoms with E-state index in [9.17, 15) is 14.7 Å². The summed E-state index contributed by atoms with van der Waals surface area (Å²) in [5.41, 5.74) is 2.21. The summed E-state index contributed by atoms with van der Waals surface area (Å²) in [6.07, 6.45) is 3.90. The van der Waals surface area contributed by atoms with Gasteiger partial charge < -0.3 is 25.5 Å². The van der Waals surface area contributed by atoms with E-state index in [4.69, 9.17) is 4.98 Å². The number of aromatic nitrogens is 1. The fourth-order valence-electron chi connectivity index (χ4n) is 5.40. The van der Waals surface area contributed by atoms with Crippen molar-refractivity contribution in [3.05, 3.63) is 71.1 Å². The van der Waals surface area contributed by atoms with E-state index in [1.165, 1.54) is 0 Å². The minimum atomic E-state index is -0.997. The molecule has 39 heavy (non-hydrogen) atoms. The average molecular weight is 548 g/mol. The van der Waals surface area contributed by atoms with Crippen molar-refractivity contribution in [3.63, 3.8) is 0 Å². The number of thiazole rings is 1. The highest BCUT2D eigenvalue weighted by molar-refractivity contribution is 7.14. The van der Waals surface area contributed by atoms with Crippen LogP contribution in [0.5, 0.6) is 0 Å². The number of rotatable bonds is 8. The maximum absolute atomic E-state index is 13.6. The summed E-state index contributed by atoms with van der Waals surface area (Å²) in [6, 6.07) is 16.3. The number of amides is 2. The van der Waals surface area contributed by atoms with E-state index in [1.807, 2.05) is 42.5 Å². The maximum Gasteiger partial charge on any atom is 0.252 e. The number of carbonyl (C=O) groups excluding carboxylic acids is 2. The first-order valence-electron chi connectivity index (χ1n) is 13.8. The van der Waals surface area contributed by atoms with Crippen LogP contribution in [0.25, 0.3) is 11.3 Å². The van der Waals surface area contributed by atoms with E-state index in [0.29, 0.717) is 18.4 Å². The van der Waals surface area contributed by atoms with Gasteiger partial charge in [-0.2, -0.15) is 0 Å². The second kappa shape index (κ2) is 12.3. The van der Waals surface area contributed by atoms with E-state index in [2.05, 4.69) is 32.9 Å². The fraction of sp³-hybridized carbons (Fsp3) is 0.433. The Morgan fingerprint density at radius 1 is 1.00 bits per heavy atom. The minimum absolute atomic E-state index is 0.214. The lowest BCUT2D eigenvalue weighted by Gasteiger charge is -2.37. The zero-order chi connectivity index (χ0) is 27.2. The van der Waals surface area contributed by atoms with Crippen LogP contribution in [0.1, 0.15) is 54.1 Å². The number of aliphatic hydroxyl groups is 1. The summed E-state index contributed by atoms with van der Waals surface area (Å²) >= 11 is 1.65. The zero-order valence-corrected chi connectivity index (χ0v) is 23.3. The standard InChI is InChI=1S/C30H37N5O3S/c1-34-16-18-35(19-17-34)29-32-26(21-39-29)23-10-12-24(13-11-23)27(37)33-30(14-6-3-7-15-30)28(38)31-25(20-36)22-8-4-2-5-9-22/h2,4-5,8-13,21,25,36H,3,6-7,14-20H2,1H3,(H,31,38)(H,33,37)/t25-/m1/s1. The molecule has 2 aliphatic rings. The Morgan fingerprint density at radius 2 is 1.69 bits per heavy atom. The van der Waals surface area contributed by atoms with Crippen molar-refractivity contribution < 1.29 is 14.7 Å². The number of nitrogens with one attached hydrogen (secondary N) is 2. The van der Waals surface area contributed by atoms with Crippen LogP contribution in [0, 0.1) is 0 Å². The van der Waals surface area contributed by atoms with E-state index >= 15 is 0 Å². The number of hydrogen-bond acceptors (Lipinski definition) is 7. The summed E-state index contributed by atoms with van der Waals surface area (Å²) in [7, 11) is 2.14. The second-order valence-corrected chi connectivity index (χ2v) is 11.4. The first kappa shape index (κ1) is 27.3. The highest BCUT2D eigenvalue weighted by Gasteiger charge is 2.41. The van der Waals surface area contributed by atoms with E-state index in [-0.39, 0.29) is 18.4 Å². The fourth-order valence-corrected chi connectivity index (χ4v) is 6.29. The number of anilines is 1. The van der Waals surface area contributed by atoms with Gasteiger partial charge >= 0.3 is 0 Å². The Morgan fingerprint density at radius 3 is 2.36 bits per heavy atom. The van der Waals surface area contributed by atoms with Gasteiger partial charge in [0.2, 0.25) is 5.91 Å². The summed E-state index contributed by atoms with van der Waals surface area (Å²) in [6.45, 7) is 3.80. The molecule has 9 heteroatoms. The van der Waals surface area contributed by atoms with Crippen LogP contribution in [0.4, 0.5) is 5.13 Å². The van der Waals surface area contributed by atoms with Crippen LogP contribution in [0.2, 0.25) is 0 Å². The molecular formula is C30H37N5O3S. The van der Waals surface area contributed by atoms with Crippen molar-refractivity contribution >= 4 is 28.3 Å². The number of benzene rings is 2. The van der Waals surface area contributed by atoms with Gasteiger partial charge in [-0.15, -0.1) is 11.3 Å². The molecular weight excluding hydrogens is 510 g/mol. The highest BCUT2D eigenvalue weighted by Crippen LogP contribution is 2.31. The minimum Gasteiger partial charge on any atom is -0.394 e. The second-order valence-electron chi connectivity index (χ2n) is 10.6. The van der Waals surface area contributed by atoms with Crippen LogP contribution >= 0.6 is 11.3 Å². The number of likely N-dealkylation sites (N-methyl/N-ethyl adjacent to an activating group) is 1. The molecule has 0 bridgehead atoms. The smallest absolute Gasteiger partial charge is 0.252 e. The molecule has 0 spiro atoms. The maximum atomic E-state index is 13.6. The molecule has 3 N–H and O–H groups in total. The molecule has 2 amide bonds. The summed E-state index contributed by atoms with van der Waals surface area (Å²) in [5, 5.41) is 19.1. The Hall–Kier alpha value is -3.27. The molecule has 2 heterocycles. The van der Waals surface area contributed by atoms with Gasteiger partial charge in [-0.3, -0.25) is 9.59 Å². The predicted molar refractivity (Wildman–Crippen MR) is 155 cm³/mol. The topological polar surface area (TPSA) is 97.8 Å². The lowest BCUT2D eigenvalue weighted by molar-refractivity contribution is -0.129. The Bertz CT molecular complexity index is 1250. The molecule has 1 saturated carbocycles. The molecule has 1 aliphatic carbocycles. The van der Waals surface area contributed by atoms with Gasteiger partial charge in [0.25, 0.3) is 5.91 Å². The van der Waals surface area contributed by atoms with E-state index < -0.39 is 11.6 Å². The SMILES string of the molecule is CN1CCN(c2nc(-c3ccc(C(=O)NC4(C(=O)N[C@H](CO)c5ccccc5)CCCCC4)cc3)cs2)CC1. The summed E-state index contributed by atoms with van der Waals surface area (Å²) in [4.78, 5) is 36.4. The van der Waals surface area contributed by atoms with E-state index in [0.717, 1.165) is 67.4 Å². The molecule has 3 aromatic rings. The Kier molecular flexibility index (Phi) is 8.60. The molecule has 1 saturated heterocycles. The van der Waals surface area contributed by atoms with Gasteiger partial charge in [0, 0.05) is 42.7 Å². The molecule has 2 fully saturated rings. The molecule has 1 aliphatic heterocycles. The highest BCUT2D eigenvalue weighted by atomic mass is 32.1. The van der Waals surface area contributed by atoms with Gasteiger partial charge in [0.1, 0.15) is 5.54 Å². The third-order valence-electron chi connectivity index (χ3n) is 7.89. The van der Waals surface area contributed by atoms with Crippen molar-refractivity contribution in [1.82, 2.24) is 20.5 Å². The lowest BCUT2D eigenvalue weighted by Crippen LogP contribution is -2.60. The summed E-state index contributed by atoms with van der Waals surface area (Å²) in [5.74, 6) is -0.510. The normalized spacial score (nSPS) is 18.4. The zero-order valence-electron chi connectivity index (χ0n) is 22.4. The van der Waals surface area contributed by atoms with Gasteiger partial charge in [0.05, 0.1) is 18.3 Å². The third kappa shape index (κ3) is 6.32. The number of hydrogen-bond donors (Lipinski definition) is 3. The summed E-state index contributed by atoms with van der Waals surface area (Å²) < 4.78 is 0. The number of piperazine rings is 1. The largest absolute Gasteiger partial charge is 0.394 e. The van der Waals surface area contributed by atoms with Gasteiger partial charge in [-0.1, -0.05) is 61.7 Å². The van der Waals surface area contributed by atoms with Crippen molar-refractivity contribution in [2.24, 2.45) is 0 Å². The van der Waals surface area contributed by atoms with Crippen molar-refractivity contribution in [2.75, 3.05) is 44.7 Å². The van der Waals surface area contributed by atoms with Crippen LogP contribution in [-0.4, -0.2) is 72.2 Å². The van der Waals surface area contributed by atoms with Crippen LogP contribution in [0.15, 0.2) is 60.0 Å². The molecule has 2 aromatic carbocycles. The average Bonchev–Trinajstić information content (AvgIpc) is 3.47. The van der Waals surface area contributed by atoms with Gasteiger partial charge in [-0.05, 0) is 37.6 Å². The van der Waals surface area contributed by atoms with Crippen LogP contribution in [-0.2, 0) is 4.79 Å². The van der Waals surface area contributed by atoms with Crippen LogP contribution in [0.3, 0.4) is 0 Å². The predicted octanol–water partition coefficient (Wildman–Crippen LogP) is 3.84. The lowest BCUT2D eigenvalue weighted by atomic mass is 9.80. The van der Waals surface area contributed by atoms with E-state index in [1.54, 1.807) is 23.5 Å². The van der Waals surface area contributed by atoms with Crippen molar-refractivity contribution in [3.8, 4) is 11.3 Å². The third-order valence-corrected chi connectivity index (χ3v) is 8.79. The first-order chi connectivity index (χ1) is 19.0. The molecule has 0 radical (unpaired) electrons. The monoisotopic (exact) mass is 547 g/mol. The molecule has 5 rings (SSSR count). The number of aliphatic hydroxyl groups excluding tert-OH is 1. The molecule has 206 valence electrons. The quantitative estimate of drug-likeness (QED) is 0.397. The van der Waals surface area contributed by atoms with Crippen molar-refractivity contribution in [2.45, 2.75) is 43.7 Å². The Balaban J connectivity index is 1.27. The molecule has 0 unspecified atom stereocenters. The molecule has 1 aromatic heterocycles. The Labute approximate surface area is 234 Å². The first-order valence-corrected chi connectivity index (χ1v) is 14.6. The number of carbonyl (C=O) groups is 2. The molecule has 1 atom stereocenters. The van der Waals surface area contributed by atoms with Gasteiger partial charge in [-0.25, -0.2) is 4.98 Å². The van der Waals surface area contributed by atoms with Gasteiger partial charge in [0.15, 0.2) is 5.13 Å². The molecule has 8 nitrogen and oxygen atoms in total. The van der Waals surface area contributed by atoms with Crippen LogP contribution < -0.4 is 15.5 Å².